The first-order chi connectivity index (χ1) is 11.7. The Morgan fingerprint density at radius 1 is 1.40 bits per heavy atom. The van der Waals surface area contributed by atoms with E-state index in [2.05, 4.69) is 13.5 Å². The summed E-state index contributed by atoms with van der Waals surface area (Å²) in [6.07, 6.45) is 5.96. The van der Waals surface area contributed by atoms with Gasteiger partial charge in [-0.1, -0.05) is 25.5 Å². The van der Waals surface area contributed by atoms with E-state index in [1.807, 2.05) is 6.92 Å². The van der Waals surface area contributed by atoms with Crippen LogP contribution >= 0.6 is 0 Å². The van der Waals surface area contributed by atoms with E-state index in [4.69, 9.17) is 4.74 Å². The molecule has 1 heterocycles. The van der Waals surface area contributed by atoms with Gasteiger partial charge in [0.15, 0.2) is 0 Å². The van der Waals surface area contributed by atoms with Crippen LogP contribution in [-0.2, 0) is 14.3 Å². The zero-order valence-electron chi connectivity index (χ0n) is 15.1. The summed E-state index contributed by atoms with van der Waals surface area (Å²) in [5, 5.41) is 19.3. The molecule has 3 rings (SSSR count). The van der Waals surface area contributed by atoms with Crippen LogP contribution in [0.3, 0.4) is 0 Å². The Hall–Kier alpha value is -1.62. The molecule has 0 aromatic rings. The summed E-state index contributed by atoms with van der Waals surface area (Å²) >= 11 is 0. The van der Waals surface area contributed by atoms with Crippen LogP contribution in [0.2, 0.25) is 0 Å². The van der Waals surface area contributed by atoms with Crippen molar-refractivity contribution in [3.8, 4) is 0 Å². The molecule has 0 aromatic heterocycles. The lowest BCUT2D eigenvalue weighted by Crippen LogP contribution is -2.53. The second-order valence-corrected chi connectivity index (χ2v) is 8.41. The van der Waals surface area contributed by atoms with E-state index in [1.165, 1.54) is 11.6 Å². The third-order valence-electron chi connectivity index (χ3n) is 7.04. The Balaban J connectivity index is 1.83. The molecular weight excluding hydrogens is 320 g/mol. The van der Waals surface area contributed by atoms with Crippen LogP contribution in [0.15, 0.2) is 23.8 Å². The zero-order valence-corrected chi connectivity index (χ0v) is 15.1. The fourth-order valence-corrected chi connectivity index (χ4v) is 5.68. The Bertz CT molecular complexity index is 636. The second kappa shape index (κ2) is 6.27. The molecule has 25 heavy (non-hydrogen) atoms. The van der Waals surface area contributed by atoms with Crippen molar-refractivity contribution in [2.75, 3.05) is 0 Å². The number of carbonyl (C=O) groups excluding carboxylic acids is 1. The fourth-order valence-electron chi connectivity index (χ4n) is 5.68. The Kier molecular flexibility index (Phi) is 4.56. The smallest absolute Gasteiger partial charge is 0.336 e. The molecule has 0 aromatic carbocycles. The van der Waals surface area contributed by atoms with Gasteiger partial charge in [-0.05, 0) is 68.8 Å². The lowest BCUT2D eigenvalue weighted by atomic mass is 9.46. The molecule has 0 saturated heterocycles. The minimum Gasteiger partial charge on any atom is -0.481 e. The largest absolute Gasteiger partial charge is 0.481 e. The lowest BCUT2D eigenvalue weighted by Gasteiger charge is -2.57. The van der Waals surface area contributed by atoms with Gasteiger partial charge in [0.25, 0.3) is 0 Å². The maximum Gasteiger partial charge on any atom is 0.336 e. The summed E-state index contributed by atoms with van der Waals surface area (Å²) in [6, 6.07) is 0. The number of esters is 1. The molecule has 0 spiro atoms. The zero-order chi connectivity index (χ0) is 18.4. The fraction of sp³-hybridized carbons (Fsp3) is 0.700. The van der Waals surface area contributed by atoms with Crippen molar-refractivity contribution in [1.29, 1.82) is 0 Å². The van der Waals surface area contributed by atoms with Crippen LogP contribution in [0, 0.1) is 22.7 Å². The van der Waals surface area contributed by atoms with Crippen molar-refractivity contribution in [3.63, 3.8) is 0 Å². The van der Waals surface area contributed by atoms with Gasteiger partial charge < -0.3 is 14.9 Å². The number of carboxylic acids is 1. The molecule has 2 saturated carbocycles. The number of aliphatic hydroxyl groups excluding tert-OH is 1. The lowest BCUT2D eigenvalue weighted by molar-refractivity contribution is -0.164. The van der Waals surface area contributed by atoms with Gasteiger partial charge in [-0.3, -0.25) is 4.79 Å². The quantitative estimate of drug-likeness (QED) is 0.601. The van der Waals surface area contributed by atoms with E-state index >= 15 is 0 Å². The summed E-state index contributed by atoms with van der Waals surface area (Å²) in [4.78, 5) is 23.7. The van der Waals surface area contributed by atoms with Crippen molar-refractivity contribution in [2.24, 2.45) is 22.7 Å². The van der Waals surface area contributed by atoms with Gasteiger partial charge >= 0.3 is 11.9 Å². The molecule has 5 atom stereocenters. The van der Waals surface area contributed by atoms with Crippen LogP contribution in [0.5, 0.6) is 0 Å². The number of allylic oxidation sites excluding steroid dienone is 1. The molecule has 2 N–H and O–H groups in total. The maximum atomic E-state index is 12.0. The molecule has 0 bridgehead atoms. The topological polar surface area (TPSA) is 83.8 Å². The van der Waals surface area contributed by atoms with Gasteiger partial charge in [0, 0.05) is 5.57 Å². The highest BCUT2D eigenvalue weighted by molar-refractivity contribution is 5.90. The van der Waals surface area contributed by atoms with Gasteiger partial charge in [-0.2, -0.15) is 0 Å². The molecule has 1 aliphatic heterocycles. The summed E-state index contributed by atoms with van der Waals surface area (Å²) in [7, 11) is 0. The highest BCUT2D eigenvalue weighted by atomic mass is 16.6. The van der Waals surface area contributed by atoms with Gasteiger partial charge in [0.1, 0.15) is 0 Å². The number of aliphatic hydroxyl groups is 1. The number of ether oxygens (including phenoxy) is 1. The predicted molar refractivity (Wildman–Crippen MR) is 92.5 cm³/mol. The van der Waals surface area contributed by atoms with Crippen LogP contribution < -0.4 is 0 Å². The highest BCUT2D eigenvalue weighted by Gasteiger charge is 2.57. The third kappa shape index (κ3) is 2.92. The SMILES string of the molecule is C=C1CC[C@@H]2[C@@](C)(CCC[C@]2(C)C(=O)O)[C@H]1CCC1=C[C@H](O)OC1=O. The Labute approximate surface area is 148 Å². The van der Waals surface area contributed by atoms with E-state index in [0.717, 1.165) is 38.5 Å². The van der Waals surface area contributed by atoms with Crippen molar-refractivity contribution in [2.45, 2.75) is 65.1 Å². The van der Waals surface area contributed by atoms with Crippen molar-refractivity contribution >= 4 is 11.9 Å². The van der Waals surface area contributed by atoms with Crippen LogP contribution in [-0.4, -0.2) is 28.4 Å². The predicted octanol–water partition coefficient (Wildman–Crippen LogP) is 3.43. The molecule has 0 amide bonds. The van der Waals surface area contributed by atoms with E-state index in [0.29, 0.717) is 12.0 Å². The van der Waals surface area contributed by atoms with E-state index in [1.54, 1.807) is 0 Å². The molecule has 2 fully saturated rings. The summed E-state index contributed by atoms with van der Waals surface area (Å²) in [6.45, 7) is 8.38. The molecular formula is C20H28O5. The number of aliphatic carboxylic acids is 1. The van der Waals surface area contributed by atoms with E-state index < -0.39 is 23.6 Å². The number of hydrogen-bond acceptors (Lipinski definition) is 4. The Morgan fingerprint density at radius 2 is 2.12 bits per heavy atom. The van der Waals surface area contributed by atoms with Crippen molar-refractivity contribution < 1.29 is 24.5 Å². The molecule has 2 aliphatic carbocycles. The summed E-state index contributed by atoms with van der Waals surface area (Å²) in [5.41, 5.74) is 0.888. The molecule has 0 radical (unpaired) electrons. The first kappa shape index (κ1) is 18.2. The number of carbonyl (C=O) groups is 2. The van der Waals surface area contributed by atoms with Gasteiger partial charge in [-0.15, -0.1) is 0 Å². The van der Waals surface area contributed by atoms with Crippen LogP contribution in [0.1, 0.15) is 58.8 Å². The van der Waals surface area contributed by atoms with E-state index in [9.17, 15) is 19.8 Å². The highest BCUT2D eigenvalue weighted by Crippen LogP contribution is 2.62. The monoisotopic (exact) mass is 348 g/mol. The van der Waals surface area contributed by atoms with E-state index in [-0.39, 0.29) is 17.3 Å². The number of rotatable bonds is 4. The first-order valence-corrected chi connectivity index (χ1v) is 9.19. The summed E-state index contributed by atoms with van der Waals surface area (Å²) < 4.78 is 4.76. The number of hydrogen-bond donors (Lipinski definition) is 2. The number of carboxylic acid groups (broad SMARTS) is 1. The van der Waals surface area contributed by atoms with Crippen molar-refractivity contribution in [3.05, 3.63) is 23.8 Å². The van der Waals surface area contributed by atoms with Gasteiger partial charge in [0.05, 0.1) is 5.41 Å². The average Bonchev–Trinajstić information content (AvgIpc) is 2.84. The molecule has 5 heteroatoms. The minimum absolute atomic E-state index is 0.109. The minimum atomic E-state index is -1.13. The summed E-state index contributed by atoms with van der Waals surface area (Å²) in [5.74, 6) is -0.831. The molecule has 138 valence electrons. The average molecular weight is 348 g/mol. The first-order valence-electron chi connectivity index (χ1n) is 9.19. The molecule has 3 aliphatic rings. The normalized spacial score (nSPS) is 41.1. The third-order valence-corrected chi connectivity index (χ3v) is 7.04. The van der Waals surface area contributed by atoms with Gasteiger partial charge in [-0.25, -0.2) is 4.79 Å². The number of cyclic esters (lactones) is 1. The second-order valence-electron chi connectivity index (χ2n) is 8.41. The van der Waals surface area contributed by atoms with Crippen molar-refractivity contribution in [1.82, 2.24) is 0 Å². The standard InChI is InChI=1S/C20H28O5/c1-12-5-8-15-19(2,9-4-10-20(15,3)18(23)24)14(12)7-6-13-11-16(21)25-17(13)22/h11,14-16,21H,1,4-10H2,2-3H3,(H,23,24)/t14-,15+,16+,19-,20-/m0/s1. The maximum absolute atomic E-state index is 12.0. The number of fused-ring (bicyclic) bond motifs is 1. The molecule has 5 nitrogen and oxygen atoms in total. The van der Waals surface area contributed by atoms with Gasteiger partial charge in [0.2, 0.25) is 6.29 Å². The molecule has 0 unspecified atom stereocenters. The van der Waals surface area contributed by atoms with Crippen LogP contribution in [0.25, 0.3) is 0 Å². The van der Waals surface area contributed by atoms with Crippen LogP contribution in [0.4, 0.5) is 0 Å². The Morgan fingerprint density at radius 3 is 2.72 bits per heavy atom.